The molecule has 0 aliphatic heterocycles. The van der Waals surface area contributed by atoms with Crippen LogP contribution in [0.25, 0.3) is 0 Å². The molecule has 0 spiro atoms. The molecular formula is C6H13NO3Pd. The summed E-state index contributed by atoms with van der Waals surface area (Å²) in [6.45, 7) is 1.44. The number of carboxylic acid groups (broad SMARTS) is 1. The Bertz CT molecular complexity index is 127. The van der Waals surface area contributed by atoms with Crippen molar-refractivity contribution in [1.82, 2.24) is 0 Å². The van der Waals surface area contributed by atoms with Crippen molar-refractivity contribution in [2.45, 2.75) is 25.3 Å². The van der Waals surface area contributed by atoms with Crippen LogP contribution in [0.2, 0.25) is 0 Å². The van der Waals surface area contributed by atoms with Gasteiger partial charge in [-0.2, -0.15) is 0 Å². The van der Waals surface area contributed by atoms with Gasteiger partial charge in [0.15, 0.2) is 0 Å². The van der Waals surface area contributed by atoms with Crippen molar-refractivity contribution < 1.29 is 35.4 Å². The molecule has 0 bridgehead atoms. The van der Waals surface area contributed by atoms with Crippen LogP contribution >= 0.6 is 0 Å². The molecule has 4 N–H and O–H groups in total. The minimum absolute atomic E-state index is 0. The topological polar surface area (TPSA) is 83.5 Å². The molecule has 4 nitrogen and oxygen atoms in total. The predicted molar refractivity (Wildman–Crippen MR) is 36.5 cm³/mol. The number of aliphatic hydroxyl groups excluding tert-OH is 1. The average molecular weight is 254 g/mol. The van der Waals surface area contributed by atoms with Gasteiger partial charge in [0.25, 0.3) is 0 Å². The maximum absolute atomic E-state index is 10.0. The van der Waals surface area contributed by atoms with Gasteiger partial charge in [-0.3, -0.25) is 4.79 Å². The number of nitrogens with two attached hydrogens (primary N) is 1. The van der Waals surface area contributed by atoms with Crippen LogP contribution in [0.4, 0.5) is 0 Å². The Balaban J connectivity index is 0. The Kier molecular flexibility index (Phi) is 7.03. The summed E-state index contributed by atoms with van der Waals surface area (Å²) in [5, 5.41) is 16.8. The summed E-state index contributed by atoms with van der Waals surface area (Å²) in [7, 11) is 0. The first kappa shape index (κ1) is 13.6. The quantitative estimate of drug-likeness (QED) is 0.593. The average Bonchev–Trinajstić information content (AvgIpc) is 1.85. The summed E-state index contributed by atoms with van der Waals surface area (Å²) in [5.41, 5.74) is 4.70. The molecule has 0 rings (SSSR count). The van der Waals surface area contributed by atoms with Gasteiger partial charge in [-0.05, 0) is 13.3 Å². The van der Waals surface area contributed by atoms with E-state index in [1.54, 1.807) is 6.92 Å². The summed E-state index contributed by atoms with van der Waals surface area (Å²) in [4.78, 5) is 10.0. The summed E-state index contributed by atoms with van der Waals surface area (Å²) in [5.74, 6) is -0.884. The van der Waals surface area contributed by atoms with Crippen LogP contribution in [0.1, 0.15) is 19.8 Å². The summed E-state index contributed by atoms with van der Waals surface area (Å²) >= 11 is 0. The SMILES string of the molecule is CC(N)(CO)CCC(=O)O.[Pd]. The number of carbonyl (C=O) groups is 1. The Hall–Kier alpha value is 0.0523. The molecule has 11 heavy (non-hydrogen) atoms. The fourth-order valence-electron chi connectivity index (χ4n) is 0.472. The third-order valence-corrected chi connectivity index (χ3v) is 1.27. The van der Waals surface area contributed by atoms with E-state index >= 15 is 0 Å². The maximum Gasteiger partial charge on any atom is 0.303 e. The molecular weight excluding hydrogens is 240 g/mol. The molecule has 0 saturated heterocycles. The van der Waals surface area contributed by atoms with Gasteiger partial charge < -0.3 is 15.9 Å². The predicted octanol–water partition coefficient (Wildman–Crippen LogP) is -0.442. The first-order valence-electron chi connectivity index (χ1n) is 3.09. The normalized spacial score (nSPS) is 14.8. The number of aliphatic carboxylic acids is 1. The monoisotopic (exact) mass is 253 g/mol. The van der Waals surface area contributed by atoms with Crippen molar-refractivity contribution in [2.75, 3.05) is 6.61 Å². The van der Waals surface area contributed by atoms with Crippen LogP contribution in [0, 0.1) is 0 Å². The van der Waals surface area contributed by atoms with E-state index in [0.717, 1.165) is 0 Å². The number of rotatable bonds is 4. The first-order chi connectivity index (χ1) is 4.48. The molecule has 5 heteroatoms. The summed E-state index contributed by atoms with van der Waals surface area (Å²) in [6, 6.07) is 0. The minimum atomic E-state index is -0.884. The molecule has 0 fully saturated rings. The smallest absolute Gasteiger partial charge is 0.303 e. The van der Waals surface area contributed by atoms with Crippen molar-refractivity contribution in [3.8, 4) is 0 Å². The van der Waals surface area contributed by atoms with Crippen molar-refractivity contribution in [2.24, 2.45) is 5.73 Å². The molecule has 0 amide bonds. The molecule has 0 heterocycles. The molecule has 0 aromatic heterocycles. The van der Waals surface area contributed by atoms with E-state index in [0.29, 0.717) is 6.42 Å². The van der Waals surface area contributed by atoms with Crippen molar-refractivity contribution in [3.05, 3.63) is 0 Å². The molecule has 0 aromatic rings. The Labute approximate surface area is 79.4 Å². The van der Waals surface area contributed by atoms with Gasteiger partial charge in [0.1, 0.15) is 0 Å². The van der Waals surface area contributed by atoms with E-state index in [9.17, 15) is 4.79 Å². The second kappa shape index (κ2) is 5.67. The molecule has 1 unspecified atom stereocenters. The van der Waals surface area contributed by atoms with Crippen LogP contribution < -0.4 is 5.73 Å². The van der Waals surface area contributed by atoms with Gasteiger partial charge in [-0.15, -0.1) is 0 Å². The molecule has 0 radical (unpaired) electrons. The fourth-order valence-corrected chi connectivity index (χ4v) is 0.472. The second-order valence-corrected chi connectivity index (χ2v) is 2.71. The Morgan fingerprint density at radius 2 is 2.09 bits per heavy atom. The maximum atomic E-state index is 10.0. The van der Waals surface area contributed by atoms with Crippen LogP contribution in [0.5, 0.6) is 0 Å². The Morgan fingerprint density at radius 3 is 2.36 bits per heavy atom. The zero-order chi connectivity index (χ0) is 8.20. The van der Waals surface area contributed by atoms with E-state index in [1.807, 2.05) is 0 Å². The first-order valence-corrected chi connectivity index (χ1v) is 3.09. The van der Waals surface area contributed by atoms with E-state index in [-0.39, 0.29) is 33.5 Å². The second-order valence-electron chi connectivity index (χ2n) is 2.71. The van der Waals surface area contributed by atoms with Gasteiger partial charge in [0.2, 0.25) is 0 Å². The van der Waals surface area contributed by atoms with Crippen molar-refractivity contribution in [1.29, 1.82) is 0 Å². The molecule has 0 aliphatic rings. The van der Waals surface area contributed by atoms with E-state index in [1.165, 1.54) is 0 Å². The van der Waals surface area contributed by atoms with E-state index in [2.05, 4.69) is 0 Å². The molecule has 0 aliphatic carbocycles. The van der Waals surface area contributed by atoms with Crippen LogP contribution in [-0.4, -0.2) is 28.3 Å². The minimum Gasteiger partial charge on any atom is -0.481 e. The van der Waals surface area contributed by atoms with Gasteiger partial charge in [0, 0.05) is 32.4 Å². The Morgan fingerprint density at radius 1 is 1.64 bits per heavy atom. The van der Waals surface area contributed by atoms with Gasteiger partial charge in [-0.1, -0.05) is 0 Å². The number of hydrogen-bond donors (Lipinski definition) is 3. The van der Waals surface area contributed by atoms with Crippen LogP contribution in [-0.2, 0) is 25.2 Å². The number of carboxylic acids is 1. The summed E-state index contributed by atoms with van der Waals surface area (Å²) in [6.07, 6.45) is 0.312. The zero-order valence-corrected chi connectivity index (χ0v) is 7.87. The van der Waals surface area contributed by atoms with E-state index < -0.39 is 11.5 Å². The molecule has 0 saturated carbocycles. The van der Waals surface area contributed by atoms with Crippen LogP contribution in [0.3, 0.4) is 0 Å². The van der Waals surface area contributed by atoms with Crippen molar-refractivity contribution in [3.63, 3.8) is 0 Å². The van der Waals surface area contributed by atoms with Crippen molar-refractivity contribution >= 4 is 5.97 Å². The summed E-state index contributed by atoms with van der Waals surface area (Å²) < 4.78 is 0. The number of hydrogen-bond acceptors (Lipinski definition) is 3. The zero-order valence-electron chi connectivity index (χ0n) is 6.32. The van der Waals surface area contributed by atoms with Gasteiger partial charge >= 0.3 is 5.97 Å². The largest absolute Gasteiger partial charge is 0.481 e. The molecule has 0 aromatic carbocycles. The molecule has 1 atom stereocenters. The third kappa shape index (κ3) is 7.95. The fraction of sp³-hybridized carbons (Fsp3) is 0.833. The molecule has 70 valence electrons. The standard InChI is InChI=1S/C6H13NO3.Pd/c1-6(7,4-8)3-2-5(9)10;/h8H,2-4,7H2,1H3,(H,9,10);. The van der Waals surface area contributed by atoms with Gasteiger partial charge in [0.05, 0.1) is 6.61 Å². The third-order valence-electron chi connectivity index (χ3n) is 1.27. The van der Waals surface area contributed by atoms with Gasteiger partial charge in [-0.25, -0.2) is 0 Å². The van der Waals surface area contributed by atoms with Crippen LogP contribution in [0.15, 0.2) is 0 Å². The van der Waals surface area contributed by atoms with E-state index in [4.69, 9.17) is 15.9 Å². The number of aliphatic hydroxyl groups is 1.